The summed E-state index contributed by atoms with van der Waals surface area (Å²) < 4.78 is 1.15. The zero-order valence-electron chi connectivity index (χ0n) is 10.6. The highest BCUT2D eigenvalue weighted by Gasteiger charge is 2.19. The molecule has 1 aromatic carbocycles. The molecule has 0 radical (unpaired) electrons. The van der Waals surface area contributed by atoms with Crippen LogP contribution in [0.1, 0.15) is 27.6 Å². The molecule has 0 aliphatic heterocycles. The van der Waals surface area contributed by atoms with Crippen molar-refractivity contribution in [2.24, 2.45) is 0 Å². The molecule has 18 heavy (non-hydrogen) atoms. The zero-order chi connectivity index (χ0) is 13.3. The van der Waals surface area contributed by atoms with Crippen LogP contribution >= 0.6 is 38.9 Å². The molecule has 2 aromatic rings. The summed E-state index contributed by atoms with van der Waals surface area (Å²) in [6.45, 7) is 4.17. The van der Waals surface area contributed by atoms with E-state index < -0.39 is 0 Å². The number of halogens is 2. The van der Waals surface area contributed by atoms with Crippen LogP contribution in [0, 0.1) is 13.8 Å². The molecule has 2 rings (SSSR count). The van der Waals surface area contributed by atoms with Crippen LogP contribution in [0.2, 0.25) is 5.02 Å². The third-order valence-corrected chi connectivity index (χ3v) is 5.14. The topological polar surface area (TPSA) is 12.0 Å². The van der Waals surface area contributed by atoms with E-state index in [1.54, 1.807) is 11.3 Å². The van der Waals surface area contributed by atoms with Crippen LogP contribution in [-0.2, 0) is 0 Å². The maximum absolute atomic E-state index is 6.43. The fourth-order valence-corrected chi connectivity index (χ4v) is 4.10. The first-order chi connectivity index (χ1) is 8.54. The van der Waals surface area contributed by atoms with Crippen LogP contribution < -0.4 is 5.32 Å². The second-order valence-electron chi connectivity index (χ2n) is 4.26. The van der Waals surface area contributed by atoms with E-state index in [0.717, 1.165) is 19.9 Å². The highest BCUT2D eigenvalue weighted by Crippen LogP contribution is 2.36. The summed E-state index contributed by atoms with van der Waals surface area (Å²) in [6, 6.07) is 8.48. The van der Waals surface area contributed by atoms with Gasteiger partial charge in [0.2, 0.25) is 0 Å². The minimum absolute atomic E-state index is 0.139. The Hall–Kier alpha value is -0.350. The first-order valence-electron chi connectivity index (χ1n) is 5.72. The average molecular weight is 345 g/mol. The summed E-state index contributed by atoms with van der Waals surface area (Å²) in [5, 5.41) is 4.20. The standard InChI is InChI=1S/C14H15BrClNS/c1-8-5-4-6-10(13(8)16)14(17-3)11-7-12(15)18-9(11)2/h4-7,14,17H,1-3H3. The van der Waals surface area contributed by atoms with Gasteiger partial charge in [0, 0.05) is 9.90 Å². The Kier molecular flexibility index (Phi) is 4.49. The molecule has 1 nitrogen and oxygen atoms in total. The van der Waals surface area contributed by atoms with Crippen molar-refractivity contribution in [2.75, 3.05) is 7.05 Å². The van der Waals surface area contributed by atoms with Crippen molar-refractivity contribution < 1.29 is 0 Å². The second-order valence-corrected chi connectivity index (χ2v) is 7.28. The highest BCUT2D eigenvalue weighted by molar-refractivity contribution is 9.11. The molecule has 96 valence electrons. The van der Waals surface area contributed by atoms with Crippen LogP contribution in [0.25, 0.3) is 0 Å². The third-order valence-electron chi connectivity index (χ3n) is 3.06. The van der Waals surface area contributed by atoms with E-state index in [-0.39, 0.29) is 6.04 Å². The van der Waals surface area contributed by atoms with Crippen molar-refractivity contribution in [3.63, 3.8) is 0 Å². The van der Waals surface area contributed by atoms with Gasteiger partial charge in [0.1, 0.15) is 0 Å². The van der Waals surface area contributed by atoms with Gasteiger partial charge in [0.15, 0.2) is 0 Å². The van der Waals surface area contributed by atoms with Crippen LogP contribution in [0.5, 0.6) is 0 Å². The average Bonchev–Trinajstić information content (AvgIpc) is 2.65. The summed E-state index contributed by atoms with van der Waals surface area (Å²) in [4.78, 5) is 1.30. The van der Waals surface area contributed by atoms with E-state index >= 15 is 0 Å². The first kappa shape index (κ1) is 14.1. The van der Waals surface area contributed by atoms with Crippen molar-refractivity contribution in [3.05, 3.63) is 54.6 Å². The largest absolute Gasteiger partial charge is 0.309 e. The lowest BCUT2D eigenvalue weighted by atomic mass is 9.98. The van der Waals surface area contributed by atoms with Gasteiger partial charge in [0.05, 0.1) is 9.83 Å². The summed E-state index contributed by atoms with van der Waals surface area (Å²) in [6.07, 6.45) is 0. The van der Waals surface area contributed by atoms with Gasteiger partial charge in [-0.3, -0.25) is 0 Å². The summed E-state index contributed by atoms with van der Waals surface area (Å²) >= 11 is 11.7. The molecule has 0 saturated carbocycles. The number of rotatable bonds is 3. The van der Waals surface area contributed by atoms with Crippen molar-refractivity contribution in [1.29, 1.82) is 0 Å². The Morgan fingerprint density at radius 3 is 2.56 bits per heavy atom. The molecule has 0 bridgehead atoms. The van der Waals surface area contributed by atoms with Crippen LogP contribution in [0.15, 0.2) is 28.1 Å². The second kappa shape index (κ2) is 5.74. The maximum atomic E-state index is 6.43. The lowest BCUT2D eigenvalue weighted by Gasteiger charge is -2.19. The monoisotopic (exact) mass is 343 g/mol. The maximum Gasteiger partial charge on any atom is 0.0704 e. The van der Waals surface area contributed by atoms with Crippen LogP contribution in [-0.4, -0.2) is 7.05 Å². The molecule has 1 N–H and O–H groups in total. The Bertz CT molecular complexity index is 565. The fraction of sp³-hybridized carbons (Fsp3) is 0.286. The molecule has 0 saturated heterocycles. The van der Waals surface area contributed by atoms with Gasteiger partial charge in [-0.2, -0.15) is 0 Å². The fourth-order valence-electron chi connectivity index (χ4n) is 2.12. The molecule has 1 heterocycles. The van der Waals surface area contributed by atoms with Gasteiger partial charge in [-0.25, -0.2) is 0 Å². The molecule has 0 aliphatic carbocycles. The van der Waals surface area contributed by atoms with E-state index in [9.17, 15) is 0 Å². The van der Waals surface area contributed by atoms with Gasteiger partial charge < -0.3 is 5.32 Å². The highest BCUT2D eigenvalue weighted by atomic mass is 79.9. The van der Waals surface area contributed by atoms with E-state index in [4.69, 9.17) is 11.6 Å². The molecule has 0 spiro atoms. The molecule has 0 aliphatic rings. The third kappa shape index (κ3) is 2.64. The van der Waals surface area contributed by atoms with Crippen LogP contribution in [0.3, 0.4) is 0 Å². The SMILES string of the molecule is CNC(c1cc(Br)sc1C)c1cccc(C)c1Cl. The number of hydrogen-bond donors (Lipinski definition) is 1. The minimum Gasteiger partial charge on any atom is -0.309 e. The molecule has 1 atom stereocenters. The molecule has 4 heteroatoms. The predicted molar refractivity (Wildman–Crippen MR) is 83.8 cm³/mol. The Balaban J connectivity index is 2.52. The number of nitrogens with one attached hydrogen (secondary N) is 1. The van der Waals surface area contributed by atoms with Crippen molar-refractivity contribution in [2.45, 2.75) is 19.9 Å². The molecule has 1 aromatic heterocycles. The lowest BCUT2D eigenvalue weighted by molar-refractivity contribution is 0.690. The number of hydrogen-bond acceptors (Lipinski definition) is 2. The quantitative estimate of drug-likeness (QED) is 0.818. The first-order valence-corrected chi connectivity index (χ1v) is 7.71. The van der Waals surface area contributed by atoms with Crippen molar-refractivity contribution >= 4 is 38.9 Å². The predicted octanol–water partition coefficient (Wildman–Crippen LogP) is 5.09. The lowest BCUT2D eigenvalue weighted by Crippen LogP contribution is -2.18. The number of benzene rings is 1. The zero-order valence-corrected chi connectivity index (χ0v) is 13.7. The molecule has 0 amide bonds. The number of aryl methyl sites for hydroxylation is 2. The van der Waals surface area contributed by atoms with Gasteiger partial charge in [-0.15, -0.1) is 11.3 Å². The molecular formula is C14H15BrClNS. The van der Waals surface area contributed by atoms with E-state index in [1.165, 1.54) is 10.4 Å². The minimum atomic E-state index is 0.139. The van der Waals surface area contributed by atoms with Gasteiger partial charge in [0.25, 0.3) is 0 Å². The Morgan fingerprint density at radius 2 is 2.00 bits per heavy atom. The molecule has 1 unspecified atom stereocenters. The summed E-state index contributed by atoms with van der Waals surface area (Å²) in [5.41, 5.74) is 3.52. The smallest absolute Gasteiger partial charge is 0.0704 e. The van der Waals surface area contributed by atoms with Gasteiger partial charge >= 0.3 is 0 Å². The van der Waals surface area contributed by atoms with E-state index in [0.29, 0.717) is 0 Å². The van der Waals surface area contributed by atoms with Crippen molar-refractivity contribution in [1.82, 2.24) is 5.32 Å². The van der Waals surface area contributed by atoms with Gasteiger partial charge in [-0.1, -0.05) is 29.8 Å². The number of thiophene rings is 1. The Labute approximate surface area is 125 Å². The summed E-state index contributed by atoms with van der Waals surface area (Å²) in [5.74, 6) is 0. The molecule has 0 fully saturated rings. The van der Waals surface area contributed by atoms with E-state index in [2.05, 4.69) is 46.4 Å². The molecular weight excluding hydrogens is 330 g/mol. The Morgan fingerprint density at radius 1 is 1.28 bits per heavy atom. The van der Waals surface area contributed by atoms with Gasteiger partial charge in [-0.05, 0) is 59.6 Å². The summed E-state index contributed by atoms with van der Waals surface area (Å²) in [7, 11) is 1.97. The van der Waals surface area contributed by atoms with Crippen LogP contribution in [0.4, 0.5) is 0 Å². The normalized spacial score (nSPS) is 12.7. The van der Waals surface area contributed by atoms with Crippen molar-refractivity contribution in [3.8, 4) is 0 Å². The van der Waals surface area contributed by atoms with E-state index in [1.807, 2.05) is 20.0 Å².